The zero-order chi connectivity index (χ0) is 9.80. The van der Waals surface area contributed by atoms with Crippen LogP contribution in [-0.2, 0) is 6.54 Å². The van der Waals surface area contributed by atoms with E-state index >= 15 is 0 Å². The molecule has 14 heavy (non-hydrogen) atoms. The first kappa shape index (κ1) is 9.15. The molecule has 0 aliphatic heterocycles. The van der Waals surface area contributed by atoms with Crippen LogP contribution in [0.5, 0.6) is 0 Å². The molecule has 2 aromatic rings. The van der Waals surface area contributed by atoms with Crippen LogP contribution >= 0.6 is 0 Å². The van der Waals surface area contributed by atoms with E-state index in [4.69, 9.17) is 0 Å². The van der Waals surface area contributed by atoms with Crippen molar-refractivity contribution in [2.75, 3.05) is 6.54 Å². The second-order valence-corrected chi connectivity index (χ2v) is 3.23. The molecule has 0 spiro atoms. The fraction of sp³-hybridized carbons (Fsp3) is 0.400. The Morgan fingerprint density at radius 2 is 2.36 bits per heavy atom. The summed E-state index contributed by atoms with van der Waals surface area (Å²) in [6, 6.07) is 0. The Hall–Kier alpha value is -1.42. The van der Waals surface area contributed by atoms with Crippen LogP contribution in [0.25, 0.3) is 5.65 Å². The van der Waals surface area contributed by atoms with Crippen LogP contribution in [0.1, 0.15) is 19.0 Å². The Morgan fingerprint density at radius 3 is 3.21 bits per heavy atom. The van der Waals surface area contributed by atoms with E-state index < -0.39 is 0 Å². The summed E-state index contributed by atoms with van der Waals surface area (Å²) >= 11 is 0. The molecule has 0 radical (unpaired) electrons. The van der Waals surface area contributed by atoms with Crippen molar-refractivity contribution in [2.45, 2.75) is 19.9 Å². The molecule has 0 atom stereocenters. The van der Waals surface area contributed by atoms with Gasteiger partial charge in [0, 0.05) is 18.9 Å². The van der Waals surface area contributed by atoms with E-state index in [-0.39, 0.29) is 0 Å². The first-order chi connectivity index (χ1) is 6.92. The number of fused-ring (bicyclic) bond motifs is 1. The molecule has 4 nitrogen and oxygen atoms in total. The molecule has 0 unspecified atom stereocenters. The van der Waals surface area contributed by atoms with Gasteiger partial charge in [-0.05, 0) is 13.0 Å². The lowest BCUT2D eigenvalue weighted by Crippen LogP contribution is -2.15. The van der Waals surface area contributed by atoms with Crippen LogP contribution in [0.4, 0.5) is 0 Å². The monoisotopic (exact) mass is 190 g/mol. The van der Waals surface area contributed by atoms with Gasteiger partial charge in [0.2, 0.25) is 0 Å². The van der Waals surface area contributed by atoms with Gasteiger partial charge in [-0.15, -0.1) is 0 Å². The van der Waals surface area contributed by atoms with E-state index in [0.717, 1.165) is 25.2 Å². The maximum Gasteiger partial charge on any atom is 0.155 e. The third-order valence-electron chi connectivity index (χ3n) is 2.13. The standard InChI is InChI=1S/C10H14N4/c1-2-3-11-6-9-7-13-10-8-12-4-5-14(9)10/h4-5,7-8,11H,2-3,6H2,1H3. The van der Waals surface area contributed by atoms with Crippen molar-refractivity contribution in [3.05, 3.63) is 30.5 Å². The SMILES string of the molecule is CCCNCc1cnc2cnccn12. The van der Waals surface area contributed by atoms with Gasteiger partial charge in [-0.3, -0.25) is 9.38 Å². The normalized spacial score (nSPS) is 10.9. The molecule has 0 aliphatic rings. The third-order valence-corrected chi connectivity index (χ3v) is 2.13. The van der Waals surface area contributed by atoms with Crippen molar-refractivity contribution >= 4 is 5.65 Å². The lowest BCUT2D eigenvalue weighted by molar-refractivity contribution is 0.661. The largest absolute Gasteiger partial charge is 0.311 e. The number of aromatic nitrogens is 3. The zero-order valence-corrected chi connectivity index (χ0v) is 8.27. The van der Waals surface area contributed by atoms with Crippen LogP contribution < -0.4 is 5.32 Å². The molecular formula is C10H14N4. The lowest BCUT2D eigenvalue weighted by Gasteiger charge is -2.02. The summed E-state index contributed by atoms with van der Waals surface area (Å²) in [5.74, 6) is 0. The van der Waals surface area contributed by atoms with Crippen LogP contribution in [0.2, 0.25) is 0 Å². The van der Waals surface area contributed by atoms with E-state index in [9.17, 15) is 0 Å². The summed E-state index contributed by atoms with van der Waals surface area (Å²) in [7, 11) is 0. The Balaban J connectivity index is 2.17. The zero-order valence-electron chi connectivity index (χ0n) is 8.27. The summed E-state index contributed by atoms with van der Waals surface area (Å²) in [6.45, 7) is 4.06. The van der Waals surface area contributed by atoms with E-state index in [1.165, 1.54) is 5.69 Å². The summed E-state index contributed by atoms with van der Waals surface area (Å²) < 4.78 is 2.05. The second kappa shape index (κ2) is 4.19. The maximum atomic E-state index is 4.26. The summed E-state index contributed by atoms with van der Waals surface area (Å²) in [5.41, 5.74) is 2.08. The molecule has 0 amide bonds. The molecule has 2 heterocycles. The predicted octanol–water partition coefficient (Wildman–Crippen LogP) is 1.23. The van der Waals surface area contributed by atoms with Gasteiger partial charge in [0.15, 0.2) is 5.65 Å². The van der Waals surface area contributed by atoms with Crippen LogP contribution in [0.3, 0.4) is 0 Å². The maximum absolute atomic E-state index is 4.26. The molecule has 4 heteroatoms. The van der Waals surface area contributed by atoms with E-state index in [1.54, 1.807) is 12.4 Å². The highest BCUT2D eigenvalue weighted by Gasteiger charge is 2.00. The quantitative estimate of drug-likeness (QED) is 0.737. The molecule has 2 aromatic heterocycles. The minimum Gasteiger partial charge on any atom is -0.311 e. The Morgan fingerprint density at radius 1 is 1.43 bits per heavy atom. The fourth-order valence-electron chi connectivity index (χ4n) is 1.42. The van der Waals surface area contributed by atoms with E-state index in [0.29, 0.717) is 0 Å². The molecule has 0 saturated heterocycles. The van der Waals surface area contributed by atoms with Gasteiger partial charge in [-0.2, -0.15) is 0 Å². The average Bonchev–Trinajstić information content (AvgIpc) is 2.63. The third kappa shape index (κ3) is 1.75. The molecule has 2 rings (SSSR count). The number of imidazole rings is 1. The Labute approximate surface area is 83.0 Å². The van der Waals surface area contributed by atoms with Crippen molar-refractivity contribution < 1.29 is 0 Å². The van der Waals surface area contributed by atoms with Crippen molar-refractivity contribution in [1.29, 1.82) is 0 Å². The second-order valence-electron chi connectivity index (χ2n) is 3.23. The molecule has 1 N–H and O–H groups in total. The highest BCUT2D eigenvalue weighted by molar-refractivity contribution is 5.36. The van der Waals surface area contributed by atoms with Crippen molar-refractivity contribution in [3.8, 4) is 0 Å². The minimum absolute atomic E-state index is 0.860. The summed E-state index contributed by atoms with van der Waals surface area (Å²) in [4.78, 5) is 8.28. The minimum atomic E-state index is 0.860. The van der Waals surface area contributed by atoms with Crippen LogP contribution in [0, 0.1) is 0 Å². The number of nitrogens with one attached hydrogen (secondary N) is 1. The van der Waals surface area contributed by atoms with E-state index in [2.05, 4.69) is 26.6 Å². The average molecular weight is 190 g/mol. The number of nitrogens with zero attached hydrogens (tertiary/aromatic N) is 3. The molecule has 0 saturated carbocycles. The fourth-order valence-corrected chi connectivity index (χ4v) is 1.42. The van der Waals surface area contributed by atoms with Gasteiger partial charge in [0.25, 0.3) is 0 Å². The van der Waals surface area contributed by atoms with Gasteiger partial charge < -0.3 is 5.32 Å². The van der Waals surface area contributed by atoms with Gasteiger partial charge in [-0.25, -0.2) is 4.98 Å². The van der Waals surface area contributed by atoms with Crippen LogP contribution in [-0.4, -0.2) is 20.9 Å². The molecule has 0 fully saturated rings. The Kier molecular flexibility index (Phi) is 2.74. The molecule has 0 bridgehead atoms. The topological polar surface area (TPSA) is 42.2 Å². The molecule has 0 aromatic carbocycles. The lowest BCUT2D eigenvalue weighted by atomic mass is 10.4. The van der Waals surface area contributed by atoms with Crippen molar-refractivity contribution in [1.82, 2.24) is 19.7 Å². The van der Waals surface area contributed by atoms with Crippen LogP contribution in [0.15, 0.2) is 24.8 Å². The van der Waals surface area contributed by atoms with Crippen molar-refractivity contribution in [2.24, 2.45) is 0 Å². The van der Waals surface area contributed by atoms with Gasteiger partial charge >= 0.3 is 0 Å². The predicted molar refractivity (Wildman–Crippen MR) is 55.0 cm³/mol. The summed E-state index contributed by atoms with van der Waals surface area (Å²) in [5, 5.41) is 3.35. The van der Waals surface area contributed by atoms with Crippen molar-refractivity contribution in [3.63, 3.8) is 0 Å². The summed E-state index contributed by atoms with van der Waals surface area (Å²) in [6.07, 6.45) is 8.52. The Bertz CT molecular complexity index is 407. The molecule has 74 valence electrons. The molecule has 0 aliphatic carbocycles. The van der Waals surface area contributed by atoms with Gasteiger partial charge in [0.1, 0.15) is 0 Å². The highest BCUT2D eigenvalue weighted by Crippen LogP contribution is 2.03. The van der Waals surface area contributed by atoms with E-state index in [1.807, 2.05) is 12.4 Å². The van der Waals surface area contributed by atoms with Gasteiger partial charge in [-0.1, -0.05) is 6.92 Å². The van der Waals surface area contributed by atoms with Gasteiger partial charge in [0.05, 0.1) is 18.1 Å². The number of hydrogen-bond acceptors (Lipinski definition) is 3. The first-order valence-corrected chi connectivity index (χ1v) is 4.88. The number of hydrogen-bond donors (Lipinski definition) is 1. The first-order valence-electron chi connectivity index (χ1n) is 4.88. The smallest absolute Gasteiger partial charge is 0.155 e. The number of rotatable bonds is 4. The molecular weight excluding hydrogens is 176 g/mol. The highest BCUT2D eigenvalue weighted by atomic mass is 15.0.